The number of anilines is 1. The number of hydrogen-bond donors (Lipinski definition) is 1. The molecule has 5 heteroatoms. The monoisotopic (exact) mass is 224 g/mol. The molecule has 1 fully saturated rings. The average Bonchev–Trinajstić information content (AvgIpc) is 2.70. The van der Waals surface area contributed by atoms with E-state index in [1.165, 1.54) is 6.07 Å². The Kier molecular flexibility index (Phi) is 3.03. The second-order valence-electron chi connectivity index (χ2n) is 4.02. The first-order valence-corrected chi connectivity index (χ1v) is 5.38. The van der Waals surface area contributed by atoms with Crippen molar-refractivity contribution in [3.63, 3.8) is 0 Å². The van der Waals surface area contributed by atoms with Crippen LogP contribution in [0.2, 0.25) is 0 Å². The summed E-state index contributed by atoms with van der Waals surface area (Å²) in [7, 11) is 0. The predicted molar refractivity (Wildman–Crippen MR) is 58.9 cm³/mol. The van der Waals surface area contributed by atoms with Gasteiger partial charge >= 0.3 is 5.69 Å². The number of nitro benzene ring substituents is 1. The number of para-hydroxylation sites is 1. The van der Waals surface area contributed by atoms with Gasteiger partial charge in [-0.05, 0) is 25.0 Å². The van der Waals surface area contributed by atoms with Gasteiger partial charge in [-0.25, -0.2) is 0 Å². The van der Waals surface area contributed by atoms with Crippen LogP contribution in [0.1, 0.15) is 25.7 Å². The van der Waals surface area contributed by atoms with Crippen LogP contribution in [0.15, 0.2) is 18.2 Å². The van der Waals surface area contributed by atoms with Gasteiger partial charge in [0, 0.05) is 6.04 Å². The molecular weight excluding hydrogens is 211 g/mol. The van der Waals surface area contributed by atoms with Crippen LogP contribution in [0.4, 0.5) is 15.8 Å². The van der Waals surface area contributed by atoms with Crippen LogP contribution in [0.25, 0.3) is 0 Å². The van der Waals surface area contributed by atoms with Crippen molar-refractivity contribution in [2.45, 2.75) is 31.7 Å². The minimum atomic E-state index is -0.784. The molecular formula is C11H13FN2O2. The van der Waals surface area contributed by atoms with Crippen LogP contribution in [0, 0.1) is 15.9 Å². The average molecular weight is 224 g/mol. The highest BCUT2D eigenvalue weighted by atomic mass is 19.1. The van der Waals surface area contributed by atoms with Gasteiger partial charge in [-0.15, -0.1) is 0 Å². The molecule has 16 heavy (non-hydrogen) atoms. The summed E-state index contributed by atoms with van der Waals surface area (Å²) < 4.78 is 13.3. The number of benzene rings is 1. The lowest BCUT2D eigenvalue weighted by Gasteiger charge is -2.13. The second-order valence-corrected chi connectivity index (χ2v) is 4.02. The minimum absolute atomic E-state index is 0.237. The molecule has 1 aromatic carbocycles. The summed E-state index contributed by atoms with van der Waals surface area (Å²) in [5, 5.41) is 13.8. The summed E-state index contributed by atoms with van der Waals surface area (Å²) in [6.07, 6.45) is 4.24. The predicted octanol–water partition coefficient (Wildman–Crippen LogP) is 3.09. The number of hydrogen-bond acceptors (Lipinski definition) is 3. The third-order valence-electron chi connectivity index (χ3n) is 2.88. The number of rotatable bonds is 3. The molecule has 4 nitrogen and oxygen atoms in total. The lowest BCUT2D eigenvalue weighted by atomic mass is 10.2. The molecule has 0 bridgehead atoms. The fraction of sp³-hybridized carbons (Fsp3) is 0.455. The maximum absolute atomic E-state index is 13.3. The van der Waals surface area contributed by atoms with Gasteiger partial charge in [-0.1, -0.05) is 18.9 Å². The Bertz CT molecular complexity index is 403. The third kappa shape index (κ3) is 2.13. The first kappa shape index (κ1) is 10.9. The molecule has 0 aliphatic heterocycles. The minimum Gasteiger partial charge on any atom is -0.377 e. The van der Waals surface area contributed by atoms with Gasteiger partial charge in [0.1, 0.15) is 5.69 Å². The molecule has 0 heterocycles. The summed E-state index contributed by atoms with van der Waals surface area (Å²) in [6, 6.07) is 4.39. The largest absolute Gasteiger partial charge is 0.377 e. The second kappa shape index (κ2) is 4.47. The van der Waals surface area contributed by atoms with Crippen molar-refractivity contribution < 1.29 is 9.31 Å². The highest BCUT2D eigenvalue weighted by Crippen LogP contribution is 2.30. The lowest BCUT2D eigenvalue weighted by molar-refractivity contribution is -0.386. The Balaban J connectivity index is 2.25. The van der Waals surface area contributed by atoms with Crippen LogP contribution in [0.5, 0.6) is 0 Å². The number of halogens is 1. The van der Waals surface area contributed by atoms with E-state index in [-0.39, 0.29) is 11.7 Å². The molecule has 0 saturated heterocycles. The molecule has 1 aliphatic rings. The number of nitrogens with one attached hydrogen (secondary N) is 1. The normalized spacial score (nSPS) is 16.3. The van der Waals surface area contributed by atoms with E-state index in [2.05, 4.69) is 5.32 Å². The van der Waals surface area contributed by atoms with Gasteiger partial charge in [-0.2, -0.15) is 4.39 Å². The van der Waals surface area contributed by atoms with E-state index in [0.29, 0.717) is 0 Å². The molecule has 0 aromatic heterocycles. The van der Waals surface area contributed by atoms with E-state index in [1.54, 1.807) is 6.07 Å². The van der Waals surface area contributed by atoms with Crippen molar-refractivity contribution in [3.05, 3.63) is 34.1 Å². The van der Waals surface area contributed by atoms with Gasteiger partial charge in [0.15, 0.2) is 0 Å². The van der Waals surface area contributed by atoms with Gasteiger partial charge in [0.25, 0.3) is 0 Å². The van der Waals surface area contributed by atoms with Crippen LogP contribution in [-0.2, 0) is 0 Å². The third-order valence-corrected chi connectivity index (χ3v) is 2.88. The Labute approximate surface area is 92.6 Å². The summed E-state index contributed by atoms with van der Waals surface area (Å²) in [6.45, 7) is 0. The van der Waals surface area contributed by atoms with E-state index in [1.807, 2.05) is 0 Å². The van der Waals surface area contributed by atoms with Crippen LogP contribution < -0.4 is 5.32 Å². The topological polar surface area (TPSA) is 55.2 Å². The van der Waals surface area contributed by atoms with E-state index in [4.69, 9.17) is 0 Å². The molecule has 1 aromatic rings. The number of nitro groups is 1. The summed E-state index contributed by atoms with van der Waals surface area (Å²) in [5.41, 5.74) is -0.161. The first-order chi connectivity index (χ1) is 7.68. The molecule has 1 N–H and O–H groups in total. The van der Waals surface area contributed by atoms with Crippen molar-refractivity contribution in [1.29, 1.82) is 0 Å². The SMILES string of the molecule is O=[N+]([O-])c1c(F)cccc1NC1CCCC1. The molecule has 0 unspecified atom stereocenters. The highest BCUT2D eigenvalue weighted by molar-refractivity contribution is 5.62. The summed E-state index contributed by atoms with van der Waals surface area (Å²) in [4.78, 5) is 10.1. The van der Waals surface area contributed by atoms with Crippen molar-refractivity contribution in [1.82, 2.24) is 0 Å². The standard InChI is InChI=1S/C11H13FN2O2/c12-9-6-3-7-10(11(9)14(15)16)13-8-4-1-2-5-8/h3,6-8,13H,1-2,4-5H2. The first-order valence-electron chi connectivity index (χ1n) is 5.38. The zero-order chi connectivity index (χ0) is 11.5. The molecule has 0 spiro atoms. The van der Waals surface area contributed by atoms with Gasteiger partial charge in [-0.3, -0.25) is 10.1 Å². The van der Waals surface area contributed by atoms with E-state index >= 15 is 0 Å². The van der Waals surface area contributed by atoms with E-state index in [9.17, 15) is 14.5 Å². The van der Waals surface area contributed by atoms with E-state index in [0.717, 1.165) is 31.7 Å². The van der Waals surface area contributed by atoms with Crippen molar-refractivity contribution in [2.75, 3.05) is 5.32 Å². The molecule has 86 valence electrons. The molecule has 0 radical (unpaired) electrons. The molecule has 2 rings (SSSR count). The maximum atomic E-state index is 13.3. The van der Waals surface area contributed by atoms with Gasteiger partial charge in [0.2, 0.25) is 5.82 Å². The zero-order valence-electron chi connectivity index (χ0n) is 8.78. The Morgan fingerprint density at radius 3 is 2.69 bits per heavy atom. The maximum Gasteiger partial charge on any atom is 0.327 e. The summed E-state index contributed by atoms with van der Waals surface area (Å²) in [5.74, 6) is -0.784. The smallest absolute Gasteiger partial charge is 0.327 e. The lowest BCUT2D eigenvalue weighted by Crippen LogP contribution is -2.15. The van der Waals surface area contributed by atoms with Crippen LogP contribution >= 0.6 is 0 Å². The van der Waals surface area contributed by atoms with Crippen LogP contribution in [-0.4, -0.2) is 11.0 Å². The van der Waals surface area contributed by atoms with Crippen molar-refractivity contribution >= 4 is 11.4 Å². The van der Waals surface area contributed by atoms with Gasteiger partial charge in [0.05, 0.1) is 4.92 Å². The molecule has 0 amide bonds. The Hall–Kier alpha value is -1.65. The quantitative estimate of drug-likeness (QED) is 0.634. The van der Waals surface area contributed by atoms with Crippen LogP contribution in [0.3, 0.4) is 0 Å². The fourth-order valence-corrected chi connectivity index (χ4v) is 2.11. The number of nitrogens with zero attached hydrogens (tertiary/aromatic N) is 1. The van der Waals surface area contributed by atoms with Gasteiger partial charge < -0.3 is 5.32 Å². The fourth-order valence-electron chi connectivity index (χ4n) is 2.11. The van der Waals surface area contributed by atoms with E-state index < -0.39 is 16.4 Å². The van der Waals surface area contributed by atoms with Crippen molar-refractivity contribution in [3.8, 4) is 0 Å². The summed E-state index contributed by atoms with van der Waals surface area (Å²) >= 11 is 0. The Morgan fingerprint density at radius 2 is 2.06 bits per heavy atom. The molecule has 1 saturated carbocycles. The van der Waals surface area contributed by atoms with Crippen molar-refractivity contribution in [2.24, 2.45) is 0 Å². The molecule has 0 atom stereocenters. The highest BCUT2D eigenvalue weighted by Gasteiger charge is 2.23. The Morgan fingerprint density at radius 1 is 1.38 bits per heavy atom. The molecule has 1 aliphatic carbocycles. The zero-order valence-corrected chi connectivity index (χ0v) is 8.78.